The third-order valence-electron chi connectivity index (χ3n) is 3.40. The first-order valence-corrected chi connectivity index (χ1v) is 7.58. The summed E-state index contributed by atoms with van der Waals surface area (Å²) in [6, 6.07) is 13.2. The Kier molecular flexibility index (Phi) is 5.65. The van der Waals surface area contributed by atoms with E-state index in [-0.39, 0.29) is 11.5 Å². The number of nitrogens with one attached hydrogen (secondary N) is 1. The second kappa shape index (κ2) is 7.70. The Morgan fingerprint density at radius 1 is 1.12 bits per heavy atom. The van der Waals surface area contributed by atoms with Crippen molar-refractivity contribution in [2.24, 2.45) is 0 Å². The molecule has 2 aromatic carbocycles. The number of hydrogen-bond donors (Lipinski definition) is 1. The van der Waals surface area contributed by atoms with Gasteiger partial charge in [0.25, 0.3) is 5.69 Å². The van der Waals surface area contributed by atoms with E-state index >= 15 is 0 Å². The van der Waals surface area contributed by atoms with Gasteiger partial charge in [-0.2, -0.15) is 0 Å². The quantitative estimate of drug-likeness (QED) is 0.376. The molecule has 0 heterocycles. The molecule has 0 spiro atoms. The van der Waals surface area contributed by atoms with E-state index in [1.807, 2.05) is 0 Å². The number of Topliss-reactive ketones (excluding diaryl/α,β-unsaturated/α-hetero) is 1. The molecule has 2 rings (SSSR count). The maximum Gasteiger partial charge on any atom is 0.269 e. The van der Waals surface area contributed by atoms with Crippen LogP contribution in [0.4, 0.5) is 5.69 Å². The van der Waals surface area contributed by atoms with Crippen LogP contribution in [0, 0.1) is 10.1 Å². The summed E-state index contributed by atoms with van der Waals surface area (Å²) < 4.78 is 0. The molecule has 0 saturated heterocycles. The molecule has 1 N–H and O–H groups in total. The Hall–Kier alpha value is -2.73. The van der Waals surface area contributed by atoms with Crippen LogP contribution < -0.4 is 5.32 Å². The molecular formula is C17H15ClN2O4. The first-order valence-electron chi connectivity index (χ1n) is 7.15. The zero-order chi connectivity index (χ0) is 17.7. The van der Waals surface area contributed by atoms with Crippen molar-refractivity contribution in [3.63, 3.8) is 0 Å². The topological polar surface area (TPSA) is 89.3 Å². The predicted molar refractivity (Wildman–Crippen MR) is 90.1 cm³/mol. The van der Waals surface area contributed by atoms with Gasteiger partial charge in [0.15, 0.2) is 5.78 Å². The molecule has 0 radical (unpaired) electrons. The molecule has 124 valence electrons. The molecule has 0 aliphatic carbocycles. The van der Waals surface area contributed by atoms with Gasteiger partial charge >= 0.3 is 0 Å². The van der Waals surface area contributed by atoms with Crippen LogP contribution in [0.15, 0.2) is 54.6 Å². The molecule has 6 nitrogen and oxygen atoms in total. The van der Waals surface area contributed by atoms with Gasteiger partial charge in [-0.25, -0.2) is 0 Å². The number of amides is 1. The number of nitro benzene ring substituents is 1. The summed E-state index contributed by atoms with van der Waals surface area (Å²) in [6.07, 6.45) is 0. The Balaban J connectivity index is 2.37. The fourth-order valence-electron chi connectivity index (χ4n) is 2.29. The highest BCUT2D eigenvalue weighted by atomic mass is 35.5. The van der Waals surface area contributed by atoms with Crippen molar-refractivity contribution < 1.29 is 14.5 Å². The minimum Gasteiger partial charge on any atom is -0.348 e. The zero-order valence-corrected chi connectivity index (χ0v) is 13.6. The van der Waals surface area contributed by atoms with E-state index in [1.54, 1.807) is 36.4 Å². The normalized spacial score (nSPS) is 12.9. The summed E-state index contributed by atoms with van der Waals surface area (Å²) in [7, 11) is 0. The van der Waals surface area contributed by atoms with Gasteiger partial charge in [0.1, 0.15) is 5.38 Å². The maximum absolute atomic E-state index is 12.5. The van der Waals surface area contributed by atoms with Crippen molar-refractivity contribution in [1.29, 1.82) is 0 Å². The summed E-state index contributed by atoms with van der Waals surface area (Å²) in [5, 5.41) is 12.4. The van der Waals surface area contributed by atoms with E-state index in [9.17, 15) is 19.7 Å². The highest BCUT2D eigenvalue weighted by Crippen LogP contribution is 2.27. The van der Waals surface area contributed by atoms with E-state index in [4.69, 9.17) is 11.6 Å². The van der Waals surface area contributed by atoms with Crippen LogP contribution in [0.2, 0.25) is 0 Å². The van der Waals surface area contributed by atoms with Crippen LogP contribution in [-0.4, -0.2) is 22.0 Å². The standard InChI is InChI=1S/C17H15ClN2O4/c1-11(21)19-16(13-8-5-9-14(10-13)20(23)24)15(18)17(22)12-6-3-2-4-7-12/h2-10,15-16H,1H3,(H,19,21)/t15-,16-/m1/s1. The molecule has 0 aliphatic rings. The SMILES string of the molecule is CC(=O)N[C@H](c1cccc([N+](=O)[O-])c1)[C@@H](Cl)C(=O)c1ccccc1. The van der Waals surface area contributed by atoms with E-state index in [2.05, 4.69) is 5.32 Å². The molecule has 7 heteroatoms. The average Bonchev–Trinajstić information content (AvgIpc) is 2.59. The van der Waals surface area contributed by atoms with Crippen molar-refractivity contribution in [3.8, 4) is 0 Å². The van der Waals surface area contributed by atoms with Gasteiger partial charge < -0.3 is 5.32 Å². The summed E-state index contributed by atoms with van der Waals surface area (Å²) in [5.41, 5.74) is 0.654. The van der Waals surface area contributed by atoms with Gasteiger partial charge in [0.2, 0.25) is 5.91 Å². The van der Waals surface area contributed by atoms with Gasteiger partial charge in [0, 0.05) is 24.6 Å². The average molecular weight is 347 g/mol. The minimum atomic E-state index is -1.10. The second-order valence-electron chi connectivity index (χ2n) is 5.16. The first kappa shape index (κ1) is 17.6. The molecule has 0 fully saturated rings. The maximum atomic E-state index is 12.5. The van der Waals surface area contributed by atoms with E-state index in [0.29, 0.717) is 11.1 Å². The molecule has 0 unspecified atom stereocenters. The van der Waals surface area contributed by atoms with Crippen LogP contribution in [0.25, 0.3) is 0 Å². The Morgan fingerprint density at radius 2 is 1.79 bits per heavy atom. The number of benzene rings is 2. The summed E-state index contributed by atoms with van der Waals surface area (Å²) in [6.45, 7) is 1.29. The Bertz CT molecular complexity index is 764. The smallest absolute Gasteiger partial charge is 0.269 e. The number of carbonyl (C=O) groups is 2. The van der Waals surface area contributed by atoms with E-state index in [0.717, 1.165) is 0 Å². The van der Waals surface area contributed by atoms with Crippen LogP contribution in [-0.2, 0) is 4.79 Å². The van der Waals surface area contributed by atoms with Gasteiger partial charge in [-0.3, -0.25) is 19.7 Å². The third kappa shape index (κ3) is 4.17. The minimum absolute atomic E-state index is 0.140. The first-order chi connectivity index (χ1) is 11.4. The number of ketones is 1. The van der Waals surface area contributed by atoms with Gasteiger partial charge in [0.05, 0.1) is 11.0 Å². The third-order valence-corrected chi connectivity index (χ3v) is 3.85. The molecule has 24 heavy (non-hydrogen) atoms. The highest BCUT2D eigenvalue weighted by Gasteiger charge is 2.30. The van der Waals surface area contributed by atoms with Crippen LogP contribution in [0.3, 0.4) is 0 Å². The highest BCUT2D eigenvalue weighted by molar-refractivity contribution is 6.34. The molecule has 0 saturated carbocycles. The number of rotatable bonds is 6. The molecule has 2 aromatic rings. The van der Waals surface area contributed by atoms with Gasteiger partial charge in [-0.05, 0) is 5.56 Å². The molecule has 2 atom stereocenters. The lowest BCUT2D eigenvalue weighted by molar-refractivity contribution is -0.384. The molecule has 1 amide bonds. The van der Waals surface area contributed by atoms with Gasteiger partial charge in [-0.15, -0.1) is 11.6 Å². The molecule has 0 bridgehead atoms. The molecular weight excluding hydrogens is 332 g/mol. The van der Waals surface area contributed by atoms with Crippen molar-refractivity contribution in [1.82, 2.24) is 5.32 Å². The number of alkyl halides is 1. The lowest BCUT2D eigenvalue weighted by Crippen LogP contribution is -2.36. The van der Waals surface area contributed by atoms with Crippen LogP contribution in [0.1, 0.15) is 28.9 Å². The summed E-state index contributed by atoms with van der Waals surface area (Å²) in [5.74, 6) is -0.763. The second-order valence-corrected chi connectivity index (χ2v) is 5.63. The Morgan fingerprint density at radius 3 is 2.38 bits per heavy atom. The number of nitrogens with zero attached hydrogens (tertiary/aromatic N) is 1. The number of nitro groups is 1. The van der Waals surface area contributed by atoms with Crippen LogP contribution in [0.5, 0.6) is 0 Å². The van der Waals surface area contributed by atoms with Crippen molar-refractivity contribution >= 4 is 29.0 Å². The fraction of sp³-hybridized carbons (Fsp3) is 0.176. The monoisotopic (exact) mass is 346 g/mol. The number of halogens is 1. The summed E-state index contributed by atoms with van der Waals surface area (Å²) in [4.78, 5) is 34.4. The Labute approximate surface area is 143 Å². The predicted octanol–water partition coefficient (Wildman–Crippen LogP) is 3.26. The largest absolute Gasteiger partial charge is 0.348 e. The lowest BCUT2D eigenvalue weighted by Gasteiger charge is -2.22. The van der Waals surface area contributed by atoms with Crippen molar-refractivity contribution in [2.75, 3.05) is 0 Å². The number of non-ortho nitro benzene ring substituents is 1. The number of carbonyl (C=O) groups excluding carboxylic acids is 2. The zero-order valence-electron chi connectivity index (χ0n) is 12.8. The van der Waals surface area contributed by atoms with Crippen molar-refractivity contribution in [3.05, 3.63) is 75.8 Å². The van der Waals surface area contributed by atoms with Gasteiger partial charge in [-0.1, -0.05) is 42.5 Å². The molecule has 0 aliphatic heterocycles. The summed E-state index contributed by atoms with van der Waals surface area (Å²) >= 11 is 6.31. The van der Waals surface area contributed by atoms with E-state index in [1.165, 1.54) is 25.1 Å². The van der Waals surface area contributed by atoms with Crippen molar-refractivity contribution in [2.45, 2.75) is 18.3 Å². The van der Waals surface area contributed by atoms with Crippen LogP contribution >= 0.6 is 11.6 Å². The van der Waals surface area contributed by atoms with E-state index < -0.39 is 22.2 Å². The fourth-order valence-corrected chi connectivity index (χ4v) is 2.62. The number of hydrogen-bond acceptors (Lipinski definition) is 4. The lowest BCUT2D eigenvalue weighted by atomic mass is 9.97. The molecule has 0 aromatic heterocycles.